The summed E-state index contributed by atoms with van der Waals surface area (Å²) in [7, 11) is 0. The van der Waals surface area contributed by atoms with Gasteiger partial charge in [-0.25, -0.2) is 4.79 Å². The molecule has 0 heterocycles. The lowest BCUT2D eigenvalue weighted by atomic mass is 10.4. The van der Waals surface area contributed by atoms with Crippen molar-refractivity contribution in [3.63, 3.8) is 0 Å². The van der Waals surface area contributed by atoms with Crippen LogP contribution in [0, 0.1) is 0 Å². The summed E-state index contributed by atoms with van der Waals surface area (Å²) in [5.41, 5.74) is 4.82. The second kappa shape index (κ2) is 6.20. The van der Waals surface area contributed by atoms with Crippen molar-refractivity contribution in [3.05, 3.63) is 0 Å². The largest absolute Gasteiger partial charge is 0.372 e. The Morgan fingerprint density at radius 1 is 1.54 bits per heavy atom. The van der Waals surface area contributed by atoms with Gasteiger partial charge in [0, 0.05) is 5.75 Å². The van der Waals surface area contributed by atoms with Gasteiger partial charge in [0.25, 0.3) is 5.24 Å². The highest BCUT2D eigenvalue weighted by atomic mass is 32.2. The van der Waals surface area contributed by atoms with Gasteiger partial charge in [-0.2, -0.15) is 11.0 Å². The maximum atomic E-state index is 10.8. The summed E-state index contributed by atoms with van der Waals surface area (Å²) in [6, 6.07) is -1.01. The predicted octanol–water partition coefficient (Wildman–Crippen LogP) is -1.09. The summed E-state index contributed by atoms with van der Waals surface area (Å²) in [6.07, 6.45) is 0. The molecule has 0 bridgehead atoms. The molecule has 0 aromatic carbocycles. The highest BCUT2D eigenvalue weighted by Crippen LogP contribution is 2.06. The molecule has 0 fully saturated rings. The molecule has 0 radical (unpaired) electrons. The molecule has 0 unspecified atom stereocenters. The molecule has 13 heavy (non-hydrogen) atoms. The van der Waals surface area contributed by atoms with Crippen LogP contribution < -0.4 is 17.5 Å². The molecule has 0 saturated carbocycles. The van der Waals surface area contributed by atoms with E-state index in [0.717, 1.165) is 0 Å². The Kier molecular flexibility index (Phi) is 5.55. The van der Waals surface area contributed by atoms with Crippen molar-refractivity contribution in [1.82, 2.24) is 0 Å². The summed E-state index contributed by atoms with van der Waals surface area (Å²) in [6.45, 7) is 0. The average Bonchev–Trinajstić information content (AvgIpc) is 2.10. The van der Waals surface area contributed by atoms with Gasteiger partial charge in [-0.15, -0.1) is 0 Å². The third-order valence-electron chi connectivity index (χ3n) is 0.978. The molecule has 74 valence electrons. The van der Waals surface area contributed by atoms with Gasteiger partial charge in [-0.05, 0) is 0 Å². The third kappa shape index (κ3) is 4.98. The quantitative estimate of drug-likeness (QED) is 0.303. The highest BCUT2D eigenvalue weighted by Gasteiger charge is 2.20. The first-order valence-electron chi connectivity index (χ1n) is 3.04. The molecule has 0 aromatic rings. The number of hydrogen-bond donors (Lipinski definition) is 3. The summed E-state index contributed by atoms with van der Waals surface area (Å²) < 4.78 is 0. The lowest BCUT2D eigenvalue weighted by Gasteiger charge is -2.04. The van der Waals surface area contributed by atoms with Crippen LogP contribution in [0.5, 0.6) is 0 Å². The molecule has 0 rings (SSSR count). The molecular weight excluding hydrogens is 198 g/mol. The number of thioether (sulfide) groups is 1. The van der Waals surface area contributed by atoms with Crippen molar-refractivity contribution in [2.75, 3.05) is 5.75 Å². The van der Waals surface area contributed by atoms with Crippen molar-refractivity contribution in [2.45, 2.75) is 6.04 Å². The molecule has 0 aromatic heterocycles. The van der Waals surface area contributed by atoms with Gasteiger partial charge < -0.3 is 16.4 Å². The minimum atomic E-state index is -1.01. The van der Waals surface area contributed by atoms with Crippen LogP contribution >= 0.6 is 11.8 Å². The van der Waals surface area contributed by atoms with E-state index in [1.54, 1.807) is 0 Å². The van der Waals surface area contributed by atoms with E-state index < -0.39 is 17.3 Å². The fraction of sp³-hybridized carbons (Fsp3) is 0.500. The van der Waals surface area contributed by atoms with E-state index >= 15 is 0 Å². The number of amides is 1. The minimum absolute atomic E-state index is 0.00787. The minimum Gasteiger partial charge on any atom is -0.372 e. The summed E-state index contributed by atoms with van der Waals surface area (Å²) >= 11 is 0.696. The number of nitrogens with zero attached hydrogens (tertiary/aromatic N) is 2. The molecular formula is C4H9N5O3S. The van der Waals surface area contributed by atoms with Gasteiger partial charge in [0.15, 0.2) is 6.04 Å². The van der Waals surface area contributed by atoms with Crippen molar-refractivity contribution in [3.8, 4) is 0 Å². The first kappa shape index (κ1) is 11.6. The average molecular weight is 207 g/mol. The number of rotatable bonds is 4. The van der Waals surface area contributed by atoms with Crippen LogP contribution in [0.2, 0.25) is 0 Å². The second-order valence-electron chi connectivity index (χ2n) is 1.81. The Labute approximate surface area is 77.8 Å². The Hall–Kier alpha value is -1.35. The van der Waals surface area contributed by atoms with Gasteiger partial charge >= 0.3 is 5.97 Å². The topological polar surface area (TPSA) is 146 Å². The van der Waals surface area contributed by atoms with Gasteiger partial charge in [0.05, 0.1) is 0 Å². The molecule has 0 aliphatic rings. The van der Waals surface area contributed by atoms with Crippen LogP contribution in [0.1, 0.15) is 0 Å². The summed E-state index contributed by atoms with van der Waals surface area (Å²) in [5.74, 6) is 8.47. The molecule has 1 atom stereocenters. The van der Waals surface area contributed by atoms with Crippen LogP contribution in [0.15, 0.2) is 10.3 Å². The van der Waals surface area contributed by atoms with Crippen LogP contribution in [-0.2, 0) is 9.63 Å². The van der Waals surface area contributed by atoms with Crippen molar-refractivity contribution in [1.29, 1.82) is 0 Å². The zero-order valence-corrected chi connectivity index (χ0v) is 7.36. The fourth-order valence-electron chi connectivity index (χ4n) is 0.469. The SMILES string of the molecule is NN=N[C@@H](CSC(N)=O)C(=O)ON. The Morgan fingerprint density at radius 2 is 2.15 bits per heavy atom. The lowest BCUT2D eigenvalue weighted by molar-refractivity contribution is -0.145. The first-order chi connectivity index (χ1) is 6.11. The van der Waals surface area contributed by atoms with E-state index in [1.807, 2.05) is 0 Å². The fourth-order valence-corrected chi connectivity index (χ4v) is 0.993. The van der Waals surface area contributed by atoms with Crippen molar-refractivity contribution in [2.24, 2.45) is 27.8 Å². The van der Waals surface area contributed by atoms with E-state index in [2.05, 4.69) is 21.1 Å². The Balaban J connectivity index is 4.09. The van der Waals surface area contributed by atoms with Gasteiger partial charge in [0.2, 0.25) is 0 Å². The monoisotopic (exact) mass is 207 g/mol. The standard InChI is InChI=1S/C4H9N5O3S/c5-4(11)13-1-2(8-9-6)3(10)12-7/h2H,1,7H2,(H2,5,11)(H2,6,8)/t2-/m0/s1. The van der Waals surface area contributed by atoms with E-state index in [4.69, 9.17) is 11.6 Å². The van der Waals surface area contributed by atoms with E-state index in [0.29, 0.717) is 11.8 Å². The first-order valence-corrected chi connectivity index (χ1v) is 4.03. The molecule has 6 N–H and O–H groups in total. The smallest absolute Gasteiger partial charge is 0.352 e. The Morgan fingerprint density at radius 3 is 2.54 bits per heavy atom. The highest BCUT2D eigenvalue weighted by molar-refractivity contribution is 8.13. The molecule has 0 spiro atoms. The second-order valence-corrected chi connectivity index (χ2v) is 2.84. The van der Waals surface area contributed by atoms with Gasteiger partial charge in [-0.3, -0.25) is 4.79 Å². The van der Waals surface area contributed by atoms with Crippen molar-refractivity contribution >= 4 is 23.0 Å². The van der Waals surface area contributed by atoms with Gasteiger partial charge in [0.1, 0.15) is 0 Å². The number of nitrogens with two attached hydrogens (primary N) is 3. The zero-order chi connectivity index (χ0) is 10.3. The molecule has 0 aliphatic carbocycles. The maximum Gasteiger partial charge on any atom is 0.352 e. The van der Waals surface area contributed by atoms with Crippen LogP contribution in [0.4, 0.5) is 4.79 Å². The molecule has 0 saturated heterocycles. The van der Waals surface area contributed by atoms with E-state index in [1.165, 1.54) is 0 Å². The van der Waals surface area contributed by atoms with Gasteiger partial charge in [-0.1, -0.05) is 17.0 Å². The van der Waals surface area contributed by atoms with E-state index in [9.17, 15) is 9.59 Å². The maximum absolute atomic E-state index is 10.8. The van der Waals surface area contributed by atoms with Crippen molar-refractivity contribution < 1.29 is 14.4 Å². The number of carbonyl (C=O) groups excluding carboxylic acids is 2. The number of carbonyl (C=O) groups is 2. The molecule has 8 nitrogen and oxygen atoms in total. The normalized spacial score (nSPS) is 12.7. The third-order valence-corrected chi connectivity index (χ3v) is 1.74. The summed E-state index contributed by atoms with van der Waals surface area (Å²) in [5, 5.41) is 5.54. The molecule has 9 heteroatoms. The number of hydrogen-bond acceptors (Lipinski definition) is 7. The summed E-state index contributed by atoms with van der Waals surface area (Å²) in [4.78, 5) is 25.0. The Bertz CT molecular complexity index is 220. The zero-order valence-electron chi connectivity index (χ0n) is 6.54. The molecule has 1 amide bonds. The van der Waals surface area contributed by atoms with E-state index in [-0.39, 0.29) is 5.75 Å². The predicted molar refractivity (Wildman–Crippen MR) is 45.2 cm³/mol. The molecule has 0 aliphatic heterocycles. The van der Waals surface area contributed by atoms with Crippen LogP contribution in [0.3, 0.4) is 0 Å². The number of primary amides is 1. The van der Waals surface area contributed by atoms with Crippen LogP contribution in [-0.4, -0.2) is 23.0 Å². The van der Waals surface area contributed by atoms with Crippen LogP contribution in [0.25, 0.3) is 0 Å². The lowest BCUT2D eigenvalue weighted by Crippen LogP contribution is -2.27.